The predicted octanol–water partition coefficient (Wildman–Crippen LogP) is 1.10. The van der Waals surface area contributed by atoms with E-state index in [2.05, 4.69) is 19.2 Å². The Hall–Kier alpha value is -0.570. The number of carboxylic acids is 1. The molecule has 1 aliphatic carbocycles. The Morgan fingerprint density at radius 2 is 2.33 bits per heavy atom. The lowest BCUT2D eigenvalue weighted by Gasteiger charge is -2.04. The highest BCUT2D eigenvalue weighted by molar-refractivity contribution is 5.74. The fourth-order valence-electron chi connectivity index (χ4n) is 1.25. The van der Waals surface area contributed by atoms with Gasteiger partial charge in [-0.2, -0.15) is 0 Å². The third-order valence-corrected chi connectivity index (χ3v) is 2.24. The van der Waals surface area contributed by atoms with Crippen LogP contribution in [0.3, 0.4) is 0 Å². The number of aliphatic carboxylic acids is 1. The minimum absolute atomic E-state index is 0.114. The molecule has 0 radical (unpaired) electrons. The maximum atomic E-state index is 10.4. The summed E-state index contributed by atoms with van der Waals surface area (Å²) in [6, 6.07) is 0.251. The van der Waals surface area contributed by atoms with Crippen LogP contribution in [-0.2, 0) is 4.79 Å². The quantitative estimate of drug-likeness (QED) is 0.651. The topological polar surface area (TPSA) is 49.3 Å². The molecule has 0 heterocycles. The minimum atomic E-state index is -0.656. The molecule has 2 atom stereocenters. The van der Waals surface area contributed by atoms with Gasteiger partial charge in [0.2, 0.25) is 0 Å². The van der Waals surface area contributed by atoms with Crippen molar-refractivity contribution in [2.75, 3.05) is 6.54 Å². The van der Waals surface area contributed by atoms with E-state index in [1.54, 1.807) is 0 Å². The maximum Gasteiger partial charge on any atom is 0.308 e. The molecule has 12 heavy (non-hydrogen) atoms. The molecule has 1 fully saturated rings. The molecular formula is C9H17NO2. The van der Waals surface area contributed by atoms with Crippen molar-refractivity contribution in [1.29, 1.82) is 0 Å². The fraction of sp³-hybridized carbons (Fsp3) is 0.889. The number of carboxylic acid groups (broad SMARTS) is 1. The first kappa shape index (κ1) is 9.52. The van der Waals surface area contributed by atoms with Crippen molar-refractivity contribution in [2.45, 2.75) is 32.7 Å². The van der Waals surface area contributed by atoms with E-state index in [9.17, 15) is 4.79 Å². The lowest BCUT2D eigenvalue weighted by molar-refractivity contribution is -0.138. The molecule has 1 rings (SSSR count). The van der Waals surface area contributed by atoms with E-state index in [1.807, 2.05) is 0 Å². The van der Waals surface area contributed by atoms with Crippen LogP contribution in [-0.4, -0.2) is 23.7 Å². The van der Waals surface area contributed by atoms with Gasteiger partial charge in [-0.1, -0.05) is 13.8 Å². The molecule has 2 N–H and O–H groups in total. The van der Waals surface area contributed by atoms with Crippen molar-refractivity contribution in [1.82, 2.24) is 5.32 Å². The SMILES string of the molecule is CC(C)CCNC1CC1C(=O)O. The smallest absolute Gasteiger partial charge is 0.308 e. The fourth-order valence-corrected chi connectivity index (χ4v) is 1.25. The molecule has 2 unspecified atom stereocenters. The van der Waals surface area contributed by atoms with Gasteiger partial charge in [0.1, 0.15) is 0 Å². The molecule has 0 bridgehead atoms. The molecule has 0 amide bonds. The summed E-state index contributed by atoms with van der Waals surface area (Å²) in [4.78, 5) is 10.4. The summed E-state index contributed by atoms with van der Waals surface area (Å²) in [6.45, 7) is 5.29. The van der Waals surface area contributed by atoms with Crippen molar-refractivity contribution in [3.63, 3.8) is 0 Å². The molecule has 0 saturated heterocycles. The number of rotatable bonds is 5. The summed E-state index contributed by atoms with van der Waals surface area (Å²) >= 11 is 0. The number of hydrogen-bond acceptors (Lipinski definition) is 2. The van der Waals surface area contributed by atoms with Crippen LogP contribution in [0.25, 0.3) is 0 Å². The van der Waals surface area contributed by atoms with Crippen LogP contribution >= 0.6 is 0 Å². The van der Waals surface area contributed by atoms with Crippen molar-refractivity contribution in [2.24, 2.45) is 11.8 Å². The van der Waals surface area contributed by atoms with Gasteiger partial charge in [-0.25, -0.2) is 0 Å². The maximum absolute atomic E-state index is 10.4. The molecule has 70 valence electrons. The second-order valence-corrected chi connectivity index (χ2v) is 3.92. The van der Waals surface area contributed by atoms with Gasteiger partial charge in [0.05, 0.1) is 5.92 Å². The predicted molar refractivity (Wildman–Crippen MR) is 47.0 cm³/mol. The summed E-state index contributed by atoms with van der Waals surface area (Å²) in [6.07, 6.45) is 1.94. The van der Waals surface area contributed by atoms with Crippen LogP contribution in [0.5, 0.6) is 0 Å². The monoisotopic (exact) mass is 171 g/mol. The summed E-state index contributed by atoms with van der Waals surface area (Å²) in [5, 5.41) is 11.8. The van der Waals surface area contributed by atoms with Crippen LogP contribution in [0.1, 0.15) is 26.7 Å². The van der Waals surface area contributed by atoms with Crippen LogP contribution in [0, 0.1) is 11.8 Å². The van der Waals surface area contributed by atoms with Crippen molar-refractivity contribution >= 4 is 5.97 Å². The Kier molecular flexibility index (Phi) is 3.09. The van der Waals surface area contributed by atoms with Gasteiger partial charge < -0.3 is 10.4 Å². The van der Waals surface area contributed by atoms with Gasteiger partial charge in [-0.05, 0) is 25.3 Å². The van der Waals surface area contributed by atoms with E-state index in [-0.39, 0.29) is 12.0 Å². The summed E-state index contributed by atoms with van der Waals surface area (Å²) in [5.74, 6) is -0.0752. The summed E-state index contributed by atoms with van der Waals surface area (Å²) < 4.78 is 0. The Balaban J connectivity index is 2.01. The van der Waals surface area contributed by atoms with E-state index in [0.717, 1.165) is 19.4 Å². The first-order valence-electron chi connectivity index (χ1n) is 4.57. The van der Waals surface area contributed by atoms with E-state index < -0.39 is 5.97 Å². The van der Waals surface area contributed by atoms with Crippen molar-refractivity contribution in [3.8, 4) is 0 Å². The first-order valence-corrected chi connectivity index (χ1v) is 4.57. The lowest BCUT2D eigenvalue weighted by Crippen LogP contribution is -2.22. The Labute approximate surface area is 73.2 Å². The molecule has 0 spiro atoms. The Bertz CT molecular complexity index is 168. The normalized spacial score (nSPS) is 27.6. The summed E-state index contributed by atoms with van der Waals surface area (Å²) in [5.41, 5.74) is 0. The van der Waals surface area contributed by atoms with Gasteiger partial charge in [0.15, 0.2) is 0 Å². The van der Waals surface area contributed by atoms with Gasteiger partial charge >= 0.3 is 5.97 Å². The van der Waals surface area contributed by atoms with Crippen LogP contribution < -0.4 is 5.32 Å². The van der Waals surface area contributed by atoms with Crippen molar-refractivity contribution < 1.29 is 9.90 Å². The highest BCUT2D eigenvalue weighted by Crippen LogP contribution is 2.30. The second kappa shape index (κ2) is 3.90. The molecule has 1 saturated carbocycles. The Morgan fingerprint density at radius 1 is 1.67 bits per heavy atom. The molecule has 1 aliphatic rings. The zero-order valence-electron chi connectivity index (χ0n) is 7.71. The Morgan fingerprint density at radius 3 is 2.75 bits per heavy atom. The molecule has 3 nitrogen and oxygen atoms in total. The number of nitrogens with one attached hydrogen (secondary N) is 1. The molecule has 0 aromatic rings. The standard InChI is InChI=1S/C9H17NO2/c1-6(2)3-4-10-8-5-7(8)9(11)12/h6-8,10H,3-5H2,1-2H3,(H,11,12). The van der Waals surface area contributed by atoms with Crippen molar-refractivity contribution in [3.05, 3.63) is 0 Å². The molecule has 0 aromatic carbocycles. The van der Waals surface area contributed by atoms with Gasteiger partial charge in [0, 0.05) is 6.04 Å². The largest absolute Gasteiger partial charge is 0.481 e. The summed E-state index contributed by atoms with van der Waals surface area (Å²) in [7, 11) is 0. The molecule has 3 heteroatoms. The zero-order chi connectivity index (χ0) is 9.14. The number of carbonyl (C=O) groups is 1. The third kappa shape index (κ3) is 2.81. The van der Waals surface area contributed by atoms with Gasteiger partial charge in [-0.3, -0.25) is 4.79 Å². The zero-order valence-corrected chi connectivity index (χ0v) is 7.71. The first-order chi connectivity index (χ1) is 5.61. The average Bonchev–Trinajstić information content (AvgIpc) is 2.66. The van der Waals surface area contributed by atoms with Crippen LogP contribution in [0.15, 0.2) is 0 Å². The molecule has 0 aromatic heterocycles. The van der Waals surface area contributed by atoms with Crippen LogP contribution in [0.4, 0.5) is 0 Å². The third-order valence-electron chi connectivity index (χ3n) is 2.24. The van der Waals surface area contributed by atoms with Gasteiger partial charge in [0.25, 0.3) is 0 Å². The van der Waals surface area contributed by atoms with E-state index in [4.69, 9.17) is 5.11 Å². The van der Waals surface area contributed by atoms with E-state index in [0.29, 0.717) is 5.92 Å². The highest BCUT2D eigenvalue weighted by atomic mass is 16.4. The average molecular weight is 171 g/mol. The minimum Gasteiger partial charge on any atom is -0.481 e. The lowest BCUT2D eigenvalue weighted by atomic mass is 10.1. The molecular weight excluding hydrogens is 154 g/mol. The molecule has 0 aliphatic heterocycles. The van der Waals surface area contributed by atoms with E-state index in [1.165, 1.54) is 0 Å². The number of hydrogen-bond donors (Lipinski definition) is 2. The second-order valence-electron chi connectivity index (χ2n) is 3.92. The van der Waals surface area contributed by atoms with Gasteiger partial charge in [-0.15, -0.1) is 0 Å². The highest BCUT2D eigenvalue weighted by Gasteiger charge is 2.42. The van der Waals surface area contributed by atoms with Crippen LogP contribution in [0.2, 0.25) is 0 Å². The van der Waals surface area contributed by atoms with E-state index >= 15 is 0 Å².